The van der Waals surface area contributed by atoms with Crippen LogP contribution in [-0.2, 0) is 4.79 Å². The van der Waals surface area contributed by atoms with Crippen LogP contribution in [0.25, 0.3) is 0 Å². The summed E-state index contributed by atoms with van der Waals surface area (Å²) >= 11 is 2.08. The van der Waals surface area contributed by atoms with Gasteiger partial charge >= 0.3 is 5.97 Å². The molecule has 0 atom stereocenters. The highest BCUT2D eigenvalue weighted by molar-refractivity contribution is 14.1. The number of hydrogen-bond donors (Lipinski definition) is 2. The molecule has 2 amide bonds. The molecule has 3 aromatic rings. The van der Waals surface area contributed by atoms with Gasteiger partial charge in [-0.05, 0) is 95.2 Å². The van der Waals surface area contributed by atoms with Crippen LogP contribution >= 0.6 is 22.6 Å². The van der Waals surface area contributed by atoms with Crippen molar-refractivity contribution in [3.8, 4) is 11.5 Å². The molecule has 36 heavy (non-hydrogen) atoms. The third-order valence-electron chi connectivity index (χ3n) is 4.88. The summed E-state index contributed by atoms with van der Waals surface area (Å²) in [4.78, 5) is 36.5. The maximum absolute atomic E-state index is 12.3. The van der Waals surface area contributed by atoms with Gasteiger partial charge in [-0.2, -0.15) is 5.10 Å². The van der Waals surface area contributed by atoms with E-state index in [1.54, 1.807) is 60.7 Å². The number of esters is 1. The molecular weight excluding hydrogens is 573 g/mol. The Bertz CT molecular complexity index is 1210. The van der Waals surface area contributed by atoms with E-state index in [1.165, 1.54) is 6.21 Å². The summed E-state index contributed by atoms with van der Waals surface area (Å²) in [6.07, 6.45) is 3.46. The van der Waals surface area contributed by atoms with Gasteiger partial charge in [-0.15, -0.1) is 0 Å². The van der Waals surface area contributed by atoms with Gasteiger partial charge in [0.25, 0.3) is 11.8 Å². The lowest BCUT2D eigenvalue weighted by atomic mass is 10.2. The number of benzene rings is 3. The van der Waals surface area contributed by atoms with E-state index in [4.69, 9.17) is 9.47 Å². The summed E-state index contributed by atoms with van der Waals surface area (Å²) in [5, 5.41) is 6.44. The van der Waals surface area contributed by atoms with Crippen LogP contribution in [0.1, 0.15) is 46.0 Å². The first-order valence-electron chi connectivity index (χ1n) is 11.4. The van der Waals surface area contributed by atoms with Crippen LogP contribution in [0.15, 0.2) is 77.9 Å². The number of nitrogens with one attached hydrogen (secondary N) is 2. The molecule has 9 heteroatoms. The number of carbonyl (C=O) groups is 3. The standard InChI is InChI=1S/C27H26IN3O5/c1-2-3-16-35-21-14-10-20(11-15-21)26(33)29-18-25(32)31-30-17-19-8-12-22(13-9-19)36-27(34)23-6-4-5-7-24(23)28/h4-15,17H,2-3,16,18H2,1H3,(H,29,33)(H,31,32)/b30-17-. The van der Waals surface area contributed by atoms with Crippen molar-refractivity contribution in [3.05, 3.63) is 93.1 Å². The van der Waals surface area contributed by atoms with Crippen molar-refractivity contribution >= 4 is 46.6 Å². The second kappa shape index (κ2) is 14.0. The fraction of sp³-hybridized carbons (Fsp3) is 0.185. The van der Waals surface area contributed by atoms with Gasteiger partial charge in [-0.25, -0.2) is 10.2 Å². The monoisotopic (exact) mass is 599 g/mol. The summed E-state index contributed by atoms with van der Waals surface area (Å²) in [6, 6.07) is 20.6. The van der Waals surface area contributed by atoms with Crippen molar-refractivity contribution < 1.29 is 23.9 Å². The molecule has 0 fully saturated rings. The maximum Gasteiger partial charge on any atom is 0.344 e. The Morgan fingerprint density at radius 3 is 2.33 bits per heavy atom. The highest BCUT2D eigenvalue weighted by atomic mass is 127. The summed E-state index contributed by atoms with van der Waals surface area (Å²) in [7, 11) is 0. The first kappa shape index (κ1) is 26.9. The molecule has 0 heterocycles. The summed E-state index contributed by atoms with van der Waals surface area (Å²) in [5.41, 5.74) is 3.97. The highest BCUT2D eigenvalue weighted by Gasteiger charge is 2.12. The van der Waals surface area contributed by atoms with Crippen LogP contribution in [0.5, 0.6) is 11.5 Å². The Balaban J connectivity index is 1.41. The molecule has 0 aromatic heterocycles. The number of rotatable bonds is 11. The van der Waals surface area contributed by atoms with Crippen LogP contribution in [0, 0.1) is 3.57 Å². The van der Waals surface area contributed by atoms with Crippen LogP contribution in [0.4, 0.5) is 0 Å². The molecular formula is C27H26IN3O5. The molecule has 0 aliphatic rings. The van der Waals surface area contributed by atoms with E-state index in [0.717, 1.165) is 16.4 Å². The Kier molecular flexibility index (Phi) is 10.4. The average molecular weight is 599 g/mol. The topological polar surface area (TPSA) is 106 Å². The Hall–Kier alpha value is -3.73. The van der Waals surface area contributed by atoms with E-state index in [9.17, 15) is 14.4 Å². The molecule has 3 aromatic carbocycles. The largest absolute Gasteiger partial charge is 0.494 e. The zero-order valence-corrected chi connectivity index (χ0v) is 21.9. The zero-order chi connectivity index (χ0) is 25.8. The lowest BCUT2D eigenvalue weighted by Gasteiger charge is -2.07. The number of hydrogen-bond acceptors (Lipinski definition) is 6. The molecule has 0 saturated heterocycles. The zero-order valence-electron chi connectivity index (χ0n) is 19.7. The fourth-order valence-electron chi connectivity index (χ4n) is 2.93. The molecule has 0 unspecified atom stereocenters. The Morgan fingerprint density at radius 2 is 1.64 bits per heavy atom. The molecule has 186 valence electrons. The second-order valence-corrected chi connectivity index (χ2v) is 8.80. The summed E-state index contributed by atoms with van der Waals surface area (Å²) < 4.78 is 11.8. The number of ether oxygens (including phenoxy) is 2. The fourth-order valence-corrected chi connectivity index (χ4v) is 3.54. The third-order valence-corrected chi connectivity index (χ3v) is 5.82. The van der Waals surface area contributed by atoms with Gasteiger partial charge in [0.15, 0.2) is 0 Å². The number of carbonyl (C=O) groups excluding carboxylic acids is 3. The smallest absolute Gasteiger partial charge is 0.344 e. The summed E-state index contributed by atoms with van der Waals surface area (Å²) in [5.74, 6) is -0.188. The van der Waals surface area contributed by atoms with Crippen LogP contribution in [0.3, 0.4) is 0 Å². The predicted molar refractivity (Wildman–Crippen MR) is 145 cm³/mol. The molecule has 2 N–H and O–H groups in total. The van der Waals surface area contributed by atoms with Gasteiger partial charge in [0.05, 0.1) is 24.9 Å². The lowest BCUT2D eigenvalue weighted by molar-refractivity contribution is -0.120. The van der Waals surface area contributed by atoms with Gasteiger partial charge in [-0.3, -0.25) is 9.59 Å². The predicted octanol–water partition coefficient (Wildman–Crippen LogP) is 4.57. The SMILES string of the molecule is CCCCOc1ccc(C(=O)NCC(=O)N/N=C\c2ccc(OC(=O)c3ccccc3I)cc2)cc1. The quantitative estimate of drug-likeness (QED) is 0.0840. The molecule has 0 aliphatic carbocycles. The van der Waals surface area contributed by atoms with E-state index in [-0.39, 0.29) is 12.5 Å². The van der Waals surface area contributed by atoms with Gasteiger partial charge in [0.2, 0.25) is 0 Å². The van der Waals surface area contributed by atoms with Crippen LogP contribution in [-0.4, -0.2) is 37.1 Å². The molecule has 3 rings (SSSR count). The molecule has 0 saturated carbocycles. The van der Waals surface area contributed by atoms with Crippen LogP contribution < -0.4 is 20.2 Å². The van der Waals surface area contributed by atoms with Gasteiger partial charge in [0, 0.05) is 9.13 Å². The van der Waals surface area contributed by atoms with Gasteiger partial charge < -0.3 is 14.8 Å². The number of unbranched alkanes of at least 4 members (excludes halogenated alkanes) is 1. The maximum atomic E-state index is 12.3. The van der Waals surface area contributed by atoms with Gasteiger partial charge in [0.1, 0.15) is 11.5 Å². The van der Waals surface area contributed by atoms with Crippen molar-refractivity contribution in [2.24, 2.45) is 5.10 Å². The first-order chi connectivity index (χ1) is 17.5. The van der Waals surface area contributed by atoms with E-state index < -0.39 is 11.9 Å². The van der Waals surface area contributed by atoms with Crippen molar-refractivity contribution in [2.75, 3.05) is 13.2 Å². The summed E-state index contributed by atoms with van der Waals surface area (Å²) in [6.45, 7) is 2.50. The van der Waals surface area contributed by atoms with Crippen molar-refractivity contribution in [1.82, 2.24) is 10.7 Å². The average Bonchev–Trinajstić information content (AvgIpc) is 2.89. The third kappa shape index (κ3) is 8.49. The Morgan fingerprint density at radius 1 is 0.944 bits per heavy atom. The number of amides is 2. The van der Waals surface area contributed by atoms with Crippen molar-refractivity contribution in [2.45, 2.75) is 19.8 Å². The number of halogens is 1. The number of hydrazone groups is 1. The van der Waals surface area contributed by atoms with Crippen molar-refractivity contribution in [3.63, 3.8) is 0 Å². The lowest BCUT2D eigenvalue weighted by Crippen LogP contribution is -2.34. The van der Waals surface area contributed by atoms with E-state index in [2.05, 4.69) is 45.4 Å². The molecule has 8 nitrogen and oxygen atoms in total. The molecule has 0 spiro atoms. The molecule has 0 bridgehead atoms. The second-order valence-electron chi connectivity index (χ2n) is 7.64. The minimum atomic E-state index is -0.470. The molecule has 0 radical (unpaired) electrons. The van der Waals surface area contributed by atoms with Crippen LogP contribution in [0.2, 0.25) is 0 Å². The Labute approximate surface area is 223 Å². The minimum absolute atomic E-state index is 0.224. The van der Waals surface area contributed by atoms with Gasteiger partial charge in [-0.1, -0.05) is 25.5 Å². The number of nitrogens with zero attached hydrogens (tertiary/aromatic N) is 1. The minimum Gasteiger partial charge on any atom is -0.494 e. The normalized spacial score (nSPS) is 10.6. The van der Waals surface area contributed by atoms with E-state index >= 15 is 0 Å². The molecule has 0 aliphatic heterocycles. The first-order valence-corrected chi connectivity index (χ1v) is 12.4. The van der Waals surface area contributed by atoms with E-state index in [1.807, 2.05) is 12.1 Å². The van der Waals surface area contributed by atoms with Crippen molar-refractivity contribution in [1.29, 1.82) is 0 Å². The van der Waals surface area contributed by atoms with E-state index in [0.29, 0.717) is 34.8 Å². The highest BCUT2D eigenvalue weighted by Crippen LogP contribution is 2.17.